The number of carbonyl (C=O) groups is 3. The highest BCUT2D eigenvalue weighted by Gasteiger charge is 2.55. The number of aliphatic hydroxyl groups is 1. The summed E-state index contributed by atoms with van der Waals surface area (Å²) in [5, 5.41) is 17.7. The van der Waals surface area contributed by atoms with Crippen LogP contribution in [0.4, 0.5) is 0 Å². The maximum Gasteiger partial charge on any atom is 0.397 e. The summed E-state index contributed by atoms with van der Waals surface area (Å²) in [6.07, 6.45) is -11.0. The first-order valence-corrected chi connectivity index (χ1v) is 28.4. The Kier molecular flexibility index (Phi) is 24.2. The van der Waals surface area contributed by atoms with E-state index >= 15 is 0 Å². The minimum absolute atomic E-state index is 0.0723. The number of methoxy groups -OCH3 is 1. The van der Waals surface area contributed by atoms with E-state index in [1.165, 1.54) is 14.0 Å². The predicted octanol–water partition coefficient (Wildman–Crippen LogP) is 6.52. The molecule has 3 saturated heterocycles. The summed E-state index contributed by atoms with van der Waals surface area (Å²) in [5.41, 5.74) is 2.96. The molecule has 0 bridgehead atoms. The van der Waals surface area contributed by atoms with E-state index in [0.29, 0.717) is 24.8 Å². The van der Waals surface area contributed by atoms with Gasteiger partial charge in [-0.25, -0.2) is 4.18 Å². The van der Waals surface area contributed by atoms with Gasteiger partial charge in [0.05, 0.1) is 39.1 Å². The Morgan fingerprint density at radius 2 is 1.15 bits per heavy atom. The Balaban J connectivity index is 1.27. The summed E-state index contributed by atoms with van der Waals surface area (Å²) in [6, 6.07) is 36.1. The van der Waals surface area contributed by atoms with Crippen LogP contribution in [0.3, 0.4) is 0 Å². The number of esters is 1. The number of aliphatic hydroxyl groups excluding tert-OH is 1. The highest BCUT2D eigenvalue weighted by Crippen LogP contribution is 2.37. The summed E-state index contributed by atoms with van der Waals surface area (Å²) >= 11 is 0. The summed E-state index contributed by atoms with van der Waals surface area (Å²) in [7, 11) is -3.70. The van der Waals surface area contributed by atoms with Gasteiger partial charge in [0.2, 0.25) is 5.91 Å². The third-order valence-electron chi connectivity index (χ3n) is 13.8. The zero-order valence-electron chi connectivity index (χ0n) is 45.2. The highest BCUT2D eigenvalue weighted by atomic mass is 32.3. The molecule has 0 radical (unpaired) electrons. The molecule has 0 saturated carbocycles. The molecule has 2 amide bonds. The van der Waals surface area contributed by atoms with Gasteiger partial charge in [-0.15, -0.1) is 0 Å². The van der Waals surface area contributed by atoms with Crippen molar-refractivity contribution in [2.24, 2.45) is 0 Å². The van der Waals surface area contributed by atoms with Crippen molar-refractivity contribution in [3.8, 4) is 0 Å². The molecule has 0 aliphatic carbocycles. The Morgan fingerprint density at radius 1 is 0.620 bits per heavy atom. The number of amides is 2. The highest BCUT2D eigenvalue weighted by molar-refractivity contribution is 7.80. The van der Waals surface area contributed by atoms with E-state index in [-0.39, 0.29) is 45.4 Å². The van der Waals surface area contributed by atoms with Crippen LogP contribution in [0.5, 0.6) is 0 Å². The number of nitrogens with one attached hydrogen (secondary N) is 2. The van der Waals surface area contributed by atoms with Crippen LogP contribution in [0.2, 0.25) is 0 Å². The molecule has 432 valence electrons. The van der Waals surface area contributed by atoms with Crippen molar-refractivity contribution in [2.75, 3.05) is 20.3 Å². The van der Waals surface area contributed by atoms with Gasteiger partial charge < -0.3 is 63.1 Å². The van der Waals surface area contributed by atoms with Crippen molar-refractivity contribution >= 4 is 28.2 Å². The van der Waals surface area contributed by atoms with E-state index in [9.17, 15) is 32.5 Å². The molecule has 20 nitrogen and oxygen atoms in total. The Bertz CT molecular complexity index is 2550. The summed E-state index contributed by atoms with van der Waals surface area (Å²) in [5.74, 6) is -1.21. The van der Waals surface area contributed by atoms with Gasteiger partial charge in [-0.1, -0.05) is 135 Å². The van der Waals surface area contributed by atoms with Gasteiger partial charge in [0, 0.05) is 38.5 Å². The molecular formula is C58H76N2O18S. The average Bonchev–Trinajstić information content (AvgIpc) is 3.51. The molecule has 7 rings (SSSR count). The number of hydrogen-bond acceptors (Lipinski definition) is 17. The monoisotopic (exact) mass is 1120 g/mol. The topological polar surface area (TPSA) is 251 Å². The van der Waals surface area contributed by atoms with Gasteiger partial charge in [0.15, 0.2) is 18.9 Å². The number of unbranched alkanes of at least 4 members (excludes halogenated alkanes) is 5. The Morgan fingerprint density at radius 3 is 1.72 bits per heavy atom. The van der Waals surface area contributed by atoms with Gasteiger partial charge in [-0.2, -0.15) is 8.42 Å². The molecule has 4 aromatic rings. The zero-order valence-corrected chi connectivity index (χ0v) is 46.0. The Hall–Kier alpha value is -5.24. The van der Waals surface area contributed by atoms with Gasteiger partial charge in [-0.3, -0.25) is 18.9 Å². The first-order valence-electron chi connectivity index (χ1n) is 27.0. The summed E-state index contributed by atoms with van der Waals surface area (Å²) in [6.45, 7) is 5.08. The molecule has 3 heterocycles. The first kappa shape index (κ1) is 61.4. The number of benzene rings is 4. The zero-order chi connectivity index (χ0) is 56.2. The second kappa shape index (κ2) is 31.1. The van der Waals surface area contributed by atoms with Crippen LogP contribution in [-0.2, 0) is 91.4 Å². The van der Waals surface area contributed by atoms with Crippen molar-refractivity contribution in [3.63, 3.8) is 0 Å². The molecule has 21 heteroatoms. The molecule has 79 heavy (non-hydrogen) atoms. The van der Waals surface area contributed by atoms with Crippen LogP contribution in [0.15, 0.2) is 121 Å². The fraction of sp³-hybridized carbons (Fsp3) is 0.534. The van der Waals surface area contributed by atoms with E-state index in [1.807, 2.05) is 97.9 Å². The molecule has 0 spiro atoms. The van der Waals surface area contributed by atoms with E-state index in [1.54, 1.807) is 37.3 Å². The van der Waals surface area contributed by atoms with Crippen molar-refractivity contribution < 1.29 is 84.0 Å². The summed E-state index contributed by atoms with van der Waals surface area (Å²) in [4.78, 5) is 38.9. The van der Waals surface area contributed by atoms with Crippen LogP contribution >= 0.6 is 0 Å². The minimum Gasteiger partial charge on any atom is -0.469 e. The third-order valence-corrected chi connectivity index (χ3v) is 14.3. The molecule has 4 N–H and O–H groups in total. The number of carbonyl (C=O) groups excluding carboxylic acids is 3. The molecule has 0 unspecified atom stereocenters. The molecule has 3 aliphatic rings. The second-order valence-electron chi connectivity index (χ2n) is 20.0. The molecule has 4 aromatic carbocycles. The van der Waals surface area contributed by atoms with Crippen LogP contribution < -0.4 is 10.6 Å². The van der Waals surface area contributed by atoms with Gasteiger partial charge >= 0.3 is 16.4 Å². The largest absolute Gasteiger partial charge is 0.469 e. The lowest BCUT2D eigenvalue weighted by Gasteiger charge is -2.51. The number of hydrogen-bond donors (Lipinski definition) is 4. The smallest absolute Gasteiger partial charge is 0.397 e. The maximum absolute atomic E-state index is 13.8. The van der Waals surface area contributed by atoms with Crippen LogP contribution in [0, 0.1) is 0 Å². The van der Waals surface area contributed by atoms with Crippen LogP contribution in [0.1, 0.15) is 99.2 Å². The normalized spacial score (nSPS) is 28.1. The quantitative estimate of drug-likeness (QED) is 0.0256. The predicted molar refractivity (Wildman–Crippen MR) is 286 cm³/mol. The van der Waals surface area contributed by atoms with Crippen molar-refractivity contribution in [2.45, 2.75) is 178 Å². The van der Waals surface area contributed by atoms with E-state index in [2.05, 4.69) is 10.6 Å². The van der Waals surface area contributed by atoms with E-state index in [4.69, 9.17) is 51.6 Å². The lowest BCUT2D eigenvalue weighted by atomic mass is 9.94. The van der Waals surface area contributed by atoms with Crippen molar-refractivity contribution in [3.05, 3.63) is 144 Å². The average molecular weight is 1120 g/mol. The molecule has 3 aliphatic heterocycles. The van der Waals surface area contributed by atoms with Crippen molar-refractivity contribution in [1.82, 2.24) is 10.6 Å². The standard InChI is InChI=1S/C58H76N2O18S/c1-38-33-45(78-79(65,66)67)49(63)57(73-38)76-51-46(34-59-55(64)44-29-19-12-20-30-44)75-56(69-32-22-8-6-5-7-21-31-47(62)68-4)48(60-40(3)61)52(51)77-58-54(72-37-43-27-17-11-18-28-43)53(71-36-42-25-15-10-16-26-42)50(39(2)74-58)70-35-41-23-13-9-14-24-41/h9-20,23-30,38-39,45-46,48-54,56-58,63H,5-8,21-22,31-37H2,1-4H3,(H,59,64)(H,60,61)(H,65,66,67)/t38-,39+,45+,46-,48-,49-,50-,51-,52-,53-,54+,56-,57+,58+/m1/s1. The number of rotatable bonds is 29. The fourth-order valence-corrected chi connectivity index (χ4v) is 10.4. The molecule has 0 aromatic heterocycles. The molecular weight excluding hydrogens is 1040 g/mol. The molecule has 14 atom stereocenters. The van der Waals surface area contributed by atoms with Gasteiger partial charge in [0.25, 0.3) is 5.91 Å². The summed E-state index contributed by atoms with van der Waals surface area (Å²) < 4.78 is 104. The van der Waals surface area contributed by atoms with Gasteiger partial charge in [-0.05, 0) is 55.5 Å². The van der Waals surface area contributed by atoms with Gasteiger partial charge in [0.1, 0.15) is 54.9 Å². The fourth-order valence-electron chi connectivity index (χ4n) is 9.85. The van der Waals surface area contributed by atoms with Crippen molar-refractivity contribution in [1.29, 1.82) is 0 Å². The minimum atomic E-state index is -5.07. The lowest BCUT2D eigenvalue weighted by molar-refractivity contribution is -0.371. The Labute approximate surface area is 462 Å². The lowest BCUT2D eigenvalue weighted by Crippen LogP contribution is -2.70. The first-order chi connectivity index (χ1) is 38.1. The van der Waals surface area contributed by atoms with E-state index in [0.717, 1.165) is 42.4 Å². The maximum atomic E-state index is 13.8. The third kappa shape index (κ3) is 19.2. The van der Waals surface area contributed by atoms with Crippen LogP contribution in [0.25, 0.3) is 0 Å². The van der Waals surface area contributed by atoms with Crippen LogP contribution in [-0.4, -0.2) is 142 Å². The SMILES string of the molecule is COC(=O)CCCCCCCCO[C@@H]1O[C@H](CNC(=O)c2ccccc2)[C@@H](O[C@@H]2O[C@H](C)C[C@H](OS(=O)(=O)O)[C@H]2O)[C@H](O[C@@H]2O[C@@H](C)[C@@H](OCc3ccccc3)[C@@H](OCc3ccccc3)[C@@H]2OCc2ccccc2)[C@H]1NC(C)=O. The molecule has 3 fully saturated rings. The van der Waals surface area contributed by atoms with E-state index < -0.39 is 108 Å². The number of ether oxygens (including phenoxy) is 10. The second-order valence-corrected chi connectivity index (χ2v) is 21.0.